The van der Waals surface area contributed by atoms with Gasteiger partial charge in [-0.2, -0.15) is 11.8 Å². The van der Waals surface area contributed by atoms with E-state index in [-0.39, 0.29) is 12.3 Å². The third-order valence-electron chi connectivity index (χ3n) is 4.50. The third kappa shape index (κ3) is 8.97. The lowest BCUT2D eigenvalue weighted by Gasteiger charge is -2.26. The van der Waals surface area contributed by atoms with Gasteiger partial charge < -0.3 is 31.8 Å². The van der Waals surface area contributed by atoms with Crippen LogP contribution in [-0.4, -0.2) is 74.9 Å². The van der Waals surface area contributed by atoms with Crippen LogP contribution in [0.4, 0.5) is 0 Å². The van der Waals surface area contributed by atoms with Crippen molar-refractivity contribution in [3.05, 3.63) is 18.2 Å². The van der Waals surface area contributed by atoms with Gasteiger partial charge in [0.15, 0.2) is 0 Å². The molecule has 3 amide bonds. The molecule has 0 saturated heterocycles. The van der Waals surface area contributed by atoms with E-state index in [4.69, 9.17) is 5.73 Å². The second-order valence-electron chi connectivity index (χ2n) is 7.54. The zero-order valence-corrected chi connectivity index (χ0v) is 19.0. The standard InChI is InChI=1S/C19H32N6O5S/c1-10(2)15(25-16(26)11(3)20)18(28)23-13(5-6-31-4)17(27)24-14(19(29)30)7-12-8-21-9-22-12/h8-11,13-15H,5-7,20H2,1-4H3,(H,21,22)(H,23,28)(H,24,27)(H,25,26)(H,29,30). The molecule has 1 rings (SSSR count). The maximum absolute atomic E-state index is 12.8. The summed E-state index contributed by atoms with van der Waals surface area (Å²) in [7, 11) is 0. The number of nitrogens with one attached hydrogen (secondary N) is 4. The van der Waals surface area contributed by atoms with Gasteiger partial charge in [0, 0.05) is 18.3 Å². The second kappa shape index (κ2) is 13.0. The molecule has 0 aromatic carbocycles. The van der Waals surface area contributed by atoms with Gasteiger partial charge in [0.05, 0.1) is 12.4 Å². The molecule has 0 radical (unpaired) electrons. The summed E-state index contributed by atoms with van der Waals surface area (Å²) < 4.78 is 0. The molecule has 0 aliphatic heterocycles. The number of carboxylic acid groups (broad SMARTS) is 1. The number of H-pyrrole nitrogens is 1. The number of carbonyl (C=O) groups excluding carboxylic acids is 3. The van der Waals surface area contributed by atoms with Gasteiger partial charge in [0.2, 0.25) is 17.7 Å². The zero-order chi connectivity index (χ0) is 23.6. The molecule has 0 saturated carbocycles. The number of aliphatic carboxylic acids is 1. The Morgan fingerprint density at radius 1 is 1.10 bits per heavy atom. The summed E-state index contributed by atoms with van der Waals surface area (Å²) in [5, 5.41) is 17.2. The smallest absolute Gasteiger partial charge is 0.326 e. The van der Waals surface area contributed by atoms with Crippen molar-refractivity contribution in [1.29, 1.82) is 0 Å². The fourth-order valence-electron chi connectivity index (χ4n) is 2.67. The monoisotopic (exact) mass is 456 g/mol. The first-order chi connectivity index (χ1) is 14.6. The van der Waals surface area contributed by atoms with Crippen LogP contribution in [0.2, 0.25) is 0 Å². The first-order valence-electron chi connectivity index (χ1n) is 9.92. The summed E-state index contributed by atoms with van der Waals surface area (Å²) >= 11 is 1.49. The Morgan fingerprint density at radius 3 is 2.23 bits per heavy atom. The molecule has 31 heavy (non-hydrogen) atoms. The van der Waals surface area contributed by atoms with E-state index in [1.165, 1.54) is 31.2 Å². The maximum Gasteiger partial charge on any atom is 0.326 e. The van der Waals surface area contributed by atoms with Gasteiger partial charge in [-0.3, -0.25) is 14.4 Å². The Hall–Kier alpha value is -2.60. The minimum Gasteiger partial charge on any atom is -0.480 e. The first-order valence-corrected chi connectivity index (χ1v) is 11.3. The van der Waals surface area contributed by atoms with E-state index in [2.05, 4.69) is 25.9 Å². The lowest BCUT2D eigenvalue weighted by molar-refractivity contribution is -0.142. The summed E-state index contributed by atoms with van der Waals surface area (Å²) in [5.74, 6) is -2.53. The number of hydrogen-bond donors (Lipinski definition) is 6. The lowest BCUT2D eigenvalue weighted by atomic mass is 10.0. The van der Waals surface area contributed by atoms with Crippen molar-refractivity contribution >= 4 is 35.5 Å². The number of carboxylic acids is 1. The summed E-state index contributed by atoms with van der Waals surface area (Å²) in [5.41, 5.74) is 6.12. The number of amides is 3. The van der Waals surface area contributed by atoms with Gasteiger partial charge in [-0.1, -0.05) is 13.8 Å². The topological polar surface area (TPSA) is 179 Å². The number of rotatable bonds is 13. The highest BCUT2D eigenvalue weighted by Crippen LogP contribution is 2.07. The summed E-state index contributed by atoms with van der Waals surface area (Å²) in [6.07, 6.45) is 5.06. The average Bonchev–Trinajstić information content (AvgIpc) is 3.20. The molecule has 0 bridgehead atoms. The van der Waals surface area contributed by atoms with Crippen LogP contribution < -0.4 is 21.7 Å². The summed E-state index contributed by atoms with van der Waals surface area (Å²) in [6, 6.07) is -3.83. The number of hydrogen-bond acceptors (Lipinski definition) is 7. The Morgan fingerprint density at radius 2 is 1.74 bits per heavy atom. The molecule has 1 aromatic heterocycles. The average molecular weight is 457 g/mol. The zero-order valence-electron chi connectivity index (χ0n) is 18.2. The van der Waals surface area contributed by atoms with Crippen LogP contribution in [0.1, 0.15) is 32.9 Å². The molecule has 0 spiro atoms. The number of aromatic amines is 1. The van der Waals surface area contributed by atoms with Crippen LogP contribution in [-0.2, 0) is 25.6 Å². The number of thioether (sulfide) groups is 1. The minimum absolute atomic E-state index is 0.0172. The Kier molecular flexibility index (Phi) is 11.0. The molecule has 7 N–H and O–H groups in total. The Balaban J connectivity index is 2.91. The van der Waals surface area contributed by atoms with Crippen molar-refractivity contribution in [2.24, 2.45) is 11.7 Å². The van der Waals surface area contributed by atoms with Gasteiger partial charge in [-0.25, -0.2) is 9.78 Å². The highest BCUT2D eigenvalue weighted by atomic mass is 32.2. The Labute approximate surface area is 185 Å². The van der Waals surface area contributed by atoms with Gasteiger partial charge in [0.25, 0.3) is 0 Å². The highest BCUT2D eigenvalue weighted by molar-refractivity contribution is 7.98. The summed E-state index contributed by atoms with van der Waals surface area (Å²) in [6.45, 7) is 5.02. The van der Waals surface area contributed by atoms with Crippen LogP contribution in [0.15, 0.2) is 12.5 Å². The molecule has 1 aromatic rings. The fourth-order valence-corrected chi connectivity index (χ4v) is 3.15. The van der Waals surface area contributed by atoms with Crippen LogP contribution in [0.5, 0.6) is 0 Å². The highest BCUT2D eigenvalue weighted by Gasteiger charge is 2.31. The molecule has 11 nitrogen and oxygen atoms in total. The number of carbonyl (C=O) groups is 4. The molecule has 0 aliphatic carbocycles. The van der Waals surface area contributed by atoms with E-state index in [1.54, 1.807) is 13.8 Å². The van der Waals surface area contributed by atoms with Crippen molar-refractivity contribution in [1.82, 2.24) is 25.9 Å². The minimum atomic E-state index is -1.21. The van der Waals surface area contributed by atoms with Crippen molar-refractivity contribution in [3.8, 4) is 0 Å². The maximum atomic E-state index is 12.8. The van der Waals surface area contributed by atoms with Crippen molar-refractivity contribution < 1.29 is 24.3 Å². The van der Waals surface area contributed by atoms with Gasteiger partial charge >= 0.3 is 5.97 Å². The lowest BCUT2D eigenvalue weighted by Crippen LogP contribution is -2.58. The molecule has 174 valence electrons. The summed E-state index contributed by atoms with van der Waals surface area (Å²) in [4.78, 5) is 55.8. The Bertz CT molecular complexity index is 740. The van der Waals surface area contributed by atoms with Gasteiger partial charge in [0.1, 0.15) is 18.1 Å². The SMILES string of the molecule is CSCCC(NC(=O)C(NC(=O)C(C)N)C(C)C)C(=O)NC(Cc1cnc[nH]1)C(=O)O. The van der Waals surface area contributed by atoms with Crippen LogP contribution >= 0.6 is 11.8 Å². The molecule has 0 fully saturated rings. The molecule has 1 heterocycles. The van der Waals surface area contributed by atoms with E-state index in [0.29, 0.717) is 17.9 Å². The molecule has 0 aliphatic rings. The van der Waals surface area contributed by atoms with Crippen LogP contribution in [0.25, 0.3) is 0 Å². The number of nitrogens with zero attached hydrogens (tertiary/aromatic N) is 1. The predicted octanol–water partition coefficient (Wildman–Crippen LogP) is -0.752. The normalized spacial score (nSPS) is 14.9. The van der Waals surface area contributed by atoms with E-state index < -0.39 is 47.9 Å². The van der Waals surface area contributed by atoms with E-state index >= 15 is 0 Å². The van der Waals surface area contributed by atoms with Crippen molar-refractivity contribution in [2.75, 3.05) is 12.0 Å². The molecular weight excluding hydrogens is 424 g/mol. The van der Waals surface area contributed by atoms with Crippen LogP contribution in [0.3, 0.4) is 0 Å². The van der Waals surface area contributed by atoms with E-state index in [0.717, 1.165) is 0 Å². The van der Waals surface area contributed by atoms with Crippen LogP contribution in [0, 0.1) is 5.92 Å². The first kappa shape index (κ1) is 26.4. The molecule has 12 heteroatoms. The quantitative estimate of drug-likeness (QED) is 0.224. The van der Waals surface area contributed by atoms with Crippen molar-refractivity contribution in [2.45, 2.75) is 57.8 Å². The van der Waals surface area contributed by atoms with Crippen molar-refractivity contribution in [3.63, 3.8) is 0 Å². The number of nitrogens with two attached hydrogens (primary N) is 1. The van der Waals surface area contributed by atoms with E-state index in [9.17, 15) is 24.3 Å². The van der Waals surface area contributed by atoms with Gasteiger partial charge in [-0.05, 0) is 31.3 Å². The van der Waals surface area contributed by atoms with Gasteiger partial charge in [-0.15, -0.1) is 0 Å². The third-order valence-corrected chi connectivity index (χ3v) is 5.14. The largest absolute Gasteiger partial charge is 0.480 e. The second-order valence-corrected chi connectivity index (χ2v) is 8.53. The molecular formula is C19H32N6O5S. The predicted molar refractivity (Wildman–Crippen MR) is 117 cm³/mol. The molecule has 4 unspecified atom stereocenters. The molecule has 4 atom stereocenters. The fraction of sp³-hybridized carbons (Fsp3) is 0.632. The number of aromatic nitrogens is 2. The number of imidazole rings is 1. The van der Waals surface area contributed by atoms with E-state index in [1.807, 2.05) is 6.26 Å².